The van der Waals surface area contributed by atoms with Gasteiger partial charge in [0.1, 0.15) is 0 Å². The summed E-state index contributed by atoms with van der Waals surface area (Å²) in [5.74, 6) is -4.70. The molecule has 0 saturated carbocycles. The average molecular weight is 233 g/mol. The number of carbonyl (C=O) groups is 3. The van der Waals surface area contributed by atoms with E-state index in [-0.39, 0.29) is 25.8 Å². The molecule has 0 spiro atoms. The van der Waals surface area contributed by atoms with E-state index in [2.05, 4.69) is 0 Å². The maximum absolute atomic E-state index is 9.99. The minimum atomic E-state index is -1.57. The molecule has 7 nitrogen and oxygen atoms in total. The van der Waals surface area contributed by atoms with Gasteiger partial charge < -0.3 is 29.7 Å². The van der Waals surface area contributed by atoms with Crippen molar-refractivity contribution in [2.24, 2.45) is 0 Å². The molecule has 0 radical (unpaired) electrons. The Labute approximate surface area is 98.1 Å². The van der Waals surface area contributed by atoms with Gasteiger partial charge in [-0.15, -0.1) is 0 Å². The van der Waals surface area contributed by atoms with E-state index in [1.165, 1.54) is 0 Å². The van der Waals surface area contributed by atoms with Gasteiger partial charge in [0.15, 0.2) is 0 Å². The molecule has 0 aromatic rings. The number of hydrogen-bond acceptors (Lipinski definition) is 7. The molecule has 0 bridgehead atoms. The Morgan fingerprint density at radius 2 is 1.00 bits per heavy atom. The summed E-state index contributed by atoms with van der Waals surface area (Å²) in [6.07, 6.45) is 0. The zero-order valence-corrected chi connectivity index (χ0v) is 8.90. The van der Waals surface area contributed by atoms with Gasteiger partial charge in [-0.3, -0.25) is 4.90 Å². The summed E-state index contributed by atoms with van der Waals surface area (Å²) in [5.41, 5.74) is 0. The second kappa shape index (κ2) is 7.63. The molecule has 14 heavy (non-hydrogen) atoms. The summed E-state index contributed by atoms with van der Waals surface area (Å²) in [5, 5.41) is 30.0. The first-order valence-electron chi connectivity index (χ1n) is 3.23. The standard InChI is InChI=1S/C6H9NO6.Sc/c8-4(9)1-7(2-5(10)11)3-6(12)13;/h1-3H2,(H,8,9)(H,10,11)(H,12,13);/q;+3/p-3. The van der Waals surface area contributed by atoms with Crippen molar-refractivity contribution in [1.82, 2.24) is 4.90 Å². The van der Waals surface area contributed by atoms with E-state index in [0.29, 0.717) is 4.90 Å². The van der Waals surface area contributed by atoms with Crippen LogP contribution in [0.4, 0.5) is 0 Å². The van der Waals surface area contributed by atoms with Crippen LogP contribution in [-0.2, 0) is 40.2 Å². The monoisotopic (exact) mass is 233 g/mol. The second-order valence-corrected chi connectivity index (χ2v) is 2.26. The molecule has 74 valence electrons. The molecule has 0 aliphatic heterocycles. The van der Waals surface area contributed by atoms with Gasteiger partial charge in [0.05, 0.1) is 17.9 Å². The second-order valence-electron chi connectivity index (χ2n) is 2.26. The van der Waals surface area contributed by atoms with Crippen molar-refractivity contribution in [3.8, 4) is 0 Å². The molecule has 0 fully saturated rings. The van der Waals surface area contributed by atoms with Gasteiger partial charge in [-0.2, -0.15) is 0 Å². The Morgan fingerprint density at radius 3 is 1.14 bits per heavy atom. The molecule has 0 unspecified atom stereocenters. The Kier molecular flexibility index (Phi) is 8.55. The minimum absolute atomic E-state index is 0. The minimum Gasteiger partial charge on any atom is -0.549 e. The third-order valence-corrected chi connectivity index (χ3v) is 1.06. The van der Waals surface area contributed by atoms with Gasteiger partial charge in [-0.1, -0.05) is 0 Å². The van der Waals surface area contributed by atoms with Crippen LogP contribution in [0.2, 0.25) is 0 Å². The molecule has 0 saturated heterocycles. The molecular weight excluding hydrogens is 227 g/mol. The number of carboxylic acids is 3. The van der Waals surface area contributed by atoms with E-state index in [0.717, 1.165) is 0 Å². The van der Waals surface area contributed by atoms with E-state index in [4.69, 9.17) is 0 Å². The largest absolute Gasteiger partial charge is 3.00 e. The zero-order valence-electron chi connectivity index (χ0n) is 7.10. The molecule has 0 aromatic heterocycles. The third kappa shape index (κ3) is 9.33. The van der Waals surface area contributed by atoms with E-state index in [9.17, 15) is 29.7 Å². The SMILES string of the molecule is O=C([O-])CN(CC(=O)[O-])CC(=O)[O-].[Sc+3]. The molecule has 0 atom stereocenters. The van der Waals surface area contributed by atoms with Crippen LogP contribution in [0.25, 0.3) is 0 Å². The van der Waals surface area contributed by atoms with Crippen LogP contribution < -0.4 is 15.3 Å². The Hall–Kier alpha value is -0.760. The number of carboxylic acid groups (broad SMARTS) is 3. The zero-order chi connectivity index (χ0) is 10.4. The molecule has 0 aromatic carbocycles. The van der Waals surface area contributed by atoms with Crippen molar-refractivity contribution < 1.29 is 55.5 Å². The molecule has 0 amide bonds. The number of rotatable bonds is 6. The van der Waals surface area contributed by atoms with Gasteiger partial charge in [-0.25, -0.2) is 0 Å². The van der Waals surface area contributed by atoms with Crippen LogP contribution >= 0.6 is 0 Å². The molecule has 0 aliphatic rings. The fraction of sp³-hybridized carbons (Fsp3) is 0.500. The quantitative estimate of drug-likeness (QED) is 0.448. The summed E-state index contributed by atoms with van der Waals surface area (Å²) in [4.78, 5) is 30.6. The first-order chi connectivity index (χ1) is 5.91. The topological polar surface area (TPSA) is 124 Å². The fourth-order valence-electron chi connectivity index (χ4n) is 0.715. The van der Waals surface area contributed by atoms with Crippen LogP contribution in [0.5, 0.6) is 0 Å². The van der Waals surface area contributed by atoms with Gasteiger partial charge in [0.2, 0.25) is 0 Å². The van der Waals surface area contributed by atoms with E-state index in [1.54, 1.807) is 0 Å². The molecule has 0 aliphatic carbocycles. The first-order valence-corrected chi connectivity index (χ1v) is 3.23. The van der Waals surface area contributed by atoms with Gasteiger partial charge in [-0.05, 0) is 0 Å². The number of aliphatic carboxylic acids is 3. The van der Waals surface area contributed by atoms with Gasteiger partial charge in [0, 0.05) is 19.6 Å². The molecule has 0 rings (SSSR count). The van der Waals surface area contributed by atoms with E-state index in [1.807, 2.05) is 0 Å². The number of nitrogens with zero attached hydrogens (tertiary/aromatic N) is 1. The van der Waals surface area contributed by atoms with E-state index >= 15 is 0 Å². The third-order valence-electron chi connectivity index (χ3n) is 1.06. The summed E-state index contributed by atoms with van der Waals surface area (Å²) in [6.45, 7) is -2.37. The summed E-state index contributed by atoms with van der Waals surface area (Å²) in [6, 6.07) is 0. The molecule has 8 heteroatoms. The van der Waals surface area contributed by atoms with Crippen molar-refractivity contribution in [2.45, 2.75) is 0 Å². The fourth-order valence-corrected chi connectivity index (χ4v) is 0.715. The predicted molar refractivity (Wildman–Crippen MR) is 31.5 cm³/mol. The Balaban J connectivity index is 0. The number of carbonyl (C=O) groups excluding carboxylic acids is 3. The first kappa shape index (κ1) is 15.7. The molecule has 0 N–H and O–H groups in total. The summed E-state index contributed by atoms with van der Waals surface area (Å²) in [7, 11) is 0. The van der Waals surface area contributed by atoms with Crippen LogP contribution in [0, 0.1) is 0 Å². The molecular formula is C6H6NO6Sc. The number of hydrogen-bond donors (Lipinski definition) is 0. The van der Waals surface area contributed by atoms with Crippen molar-refractivity contribution in [3.63, 3.8) is 0 Å². The molecule has 0 heterocycles. The van der Waals surface area contributed by atoms with Crippen molar-refractivity contribution in [3.05, 3.63) is 0 Å². The van der Waals surface area contributed by atoms with E-state index < -0.39 is 37.5 Å². The predicted octanol–water partition coefficient (Wildman–Crippen LogP) is -5.46. The van der Waals surface area contributed by atoms with Crippen molar-refractivity contribution in [1.29, 1.82) is 0 Å². The Bertz CT molecular complexity index is 192. The smallest absolute Gasteiger partial charge is 0.549 e. The van der Waals surface area contributed by atoms with Crippen LogP contribution in [-0.4, -0.2) is 42.4 Å². The van der Waals surface area contributed by atoms with Crippen LogP contribution in [0.1, 0.15) is 0 Å². The van der Waals surface area contributed by atoms with Gasteiger partial charge in [0.25, 0.3) is 0 Å². The van der Waals surface area contributed by atoms with Crippen molar-refractivity contribution >= 4 is 17.9 Å². The van der Waals surface area contributed by atoms with Crippen LogP contribution in [0.15, 0.2) is 0 Å². The maximum Gasteiger partial charge on any atom is 3.00 e. The van der Waals surface area contributed by atoms with Crippen LogP contribution in [0.3, 0.4) is 0 Å². The van der Waals surface area contributed by atoms with Crippen molar-refractivity contribution in [2.75, 3.05) is 19.6 Å². The average Bonchev–Trinajstić information content (AvgIpc) is 1.80. The summed E-state index contributed by atoms with van der Waals surface area (Å²) < 4.78 is 0. The summed E-state index contributed by atoms with van der Waals surface area (Å²) >= 11 is 0. The Morgan fingerprint density at radius 1 is 0.786 bits per heavy atom. The maximum atomic E-state index is 9.99. The normalized spacial score (nSPS) is 9.21. The van der Waals surface area contributed by atoms with Gasteiger partial charge >= 0.3 is 25.8 Å².